The third-order valence-corrected chi connectivity index (χ3v) is 4.45. The molecule has 104 valence electrons. The molecule has 0 bridgehead atoms. The number of hydrogen-bond acceptors (Lipinski definition) is 2. The third-order valence-electron chi connectivity index (χ3n) is 3.75. The fraction of sp³-hybridized carbons (Fsp3) is 0.500. The van der Waals surface area contributed by atoms with Gasteiger partial charge in [-0.25, -0.2) is 0 Å². The predicted octanol–water partition coefficient (Wildman–Crippen LogP) is 3.72. The molecule has 0 aliphatic heterocycles. The molecule has 0 unspecified atom stereocenters. The highest BCUT2D eigenvalue weighted by Gasteiger charge is 2.10. The molecule has 2 rings (SSSR count). The minimum atomic E-state index is 0.969. The number of rotatable bonds is 7. The first-order valence-electron chi connectivity index (χ1n) is 6.98. The van der Waals surface area contributed by atoms with Crippen molar-refractivity contribution in [2.24, 2.45) is 7.05 Å². The SMILES string of the molecule is CSCCCCNCc1c(C)c2ccccc2n1C. The minimum Gasteiger partial charge on any atom is -0.346 e. The van der Waals surface area contributed by atoms with E-state index in [9.17, 15) is 0 Å². The van der Waals surface area contributed by atoms with Crippen LogP contribution in [0, 0.1) is 6.92 Å². The Balaban J connectivity index is 1.97. The van der Waals surface area contributed by atoms with Crippen molar-refractivity contribution in [2.45, 2.75) is 26.3 Å². The van der Waals surface area contributed by atoms with Crippen LogP contribution in [-0.4, -0.2) is 23.1 Å². The first-order valence-corrected chi connectivity index (χ1v) is 8.37. The monoisotopic (exact) mass is 276 g/mol. The summed E-state index contributed by atoms with van der Waals surface area (Å²) >= 11 is 1.93. The Labute approximate surface area is 120 Å². The van der Waals surface area contributed by atoms with Crippen molar-refractivity contribution in [3.8, 4) is 0 Å². The lowest BCUT2D eigenvalue weighted by atomic mass is 10.1. The Hall–Kier alpha value is -0.930. The first kappa shape index (κ1) is 14.5. The summed E-state index contributed by atoms with van der Waals surface area (Å²) in [4.78, 5) is 0. The predicted molar refractivity (Wildman–Crippen MR) is 87.0 cm³/mol. The van der Waals surface area contributed by atoms with Crippen LogP contribution in [0.2, 0.25) is 0 Å². The van der Waals surface area contributed by atoms with Gasteiger partial charge in [0.15, 0.2) is 0 Å². The van der Waals surface area contributed by atoms with Crippen LogP contribution in [0.4, 0.5) is 0 Å². The van der Waals surface area contributed by atoms with E-state index >= 15 is 0 Å². The van der Waals surface area contributed by atoms with Gasteiger partial charge in [0.05, 0.1) is 0 Å². The van der Waals surface area contributed by atoms with Gasteiger partial charge in [-0.1, -0.05) is 18.2 Å². The van der Waals surface area contributed by atoms with Crippen LogP contribution < -0.4 is 5.32 Å². The molecule has 0 saturated heterocycles. The normalized spacial score (nSPS) is 11.3. The number of nitrogens with one attached hydrogen (secondary N) is 1. The van der Waals surface area contributed by atoms with E-state index in [1.54, 1.807) is 0 Å². The molecule has 1 aromatic carbocycles. The second-order valence-corrected chi connectivity index (χ2v) is 6.01. The summed E-state index contributed by atoms with van der Waals surface area (Å²) in [6.07, 6.45) is 4.75. The fourth-order valence-corrected chi connectivity index (χ4v) is 3.08. The Morgan fingerprint density at radius 2 is 2.00 bits per heavy atom. The van der Waals surface area contributed by atoms with Crippen LogP contribution in [0.15, 0.2) is 24.3 Å². The van der Waals surface area contributed by atoms with Gasteiger partial charge in [-0.15, -0.1) is 0 Å². The van der Waals surface area contributed by atoms with E-state index in [1.807, 2.05) is 11.8 Å². The van der Waals surface area contributed by atoms with Gasteiger partial charge >= 0.3 is 0 Å². The van der Waals surface area contributed by atoms with Crippen molar-refractivity contribution in [3.63, 3.8) is 0 Å². The van der Waals surface area contributed by atoms with Crippen molar-refractivity contribution in [2.75, 3.05) is 18.6 Å². The number of unbranched alkanes of at least 4 members (excludes halogenated alkanes) is 1. The summed E-state index contributed by atoms with van der Waals surface area (Å²) in [7, 11) is 2.17. The molecule has 1 heterocycles. The minimum absolute atomic E-state index is 0.969. The number of thioether (sulfide) groups is 1. The Morgan fingerprint density at radius 3 is 2.74 bits per heavy atom. The smallest absolute Gasteiger partial charge is 0.0483 e. The van der Waals surface area contributed by atoms with E-state index in [0.29, 0.717) is 0 Å². The number of fused-ring (bicyclic) bond motifs is 1. The van der Waals surface area contributed by atoms with Crippen LogP contribution in [0.25, 0.3) is 10.9 Å². The van der Waals surface area contributed by atoms with E-state index in [0.717, 1.165) is 13.1 Å². The Kier molecular flexibility index (Phi) is 5.34. The summed E-state index contributed by atoms with van der Waals surface area (Å²) in [6.45, 7) is 4.31. The summed E-state index contributed by atoms with van der Waals surface area (Å²) in [5.74, 6) is 1.27. The zero-order valence-electron chi connectivity index (χ0n) is 12.2. The number of aromatic nitrogens is 1. The van der Waals surface area contributed by atoms with E-state index in [4.69, 9.17) is 0 Å². The maximum atomic E-state index is 3.57. The molecule has 2 aromatic rings. The van der Waals surface area contributed by atoms with E-state index in [1.165, 1.54) is 40.8 Å². The van der Waals surface area contributed by atoms with Crippen molar-refractivity contribution >= 4 is 22.7 Å². The molecular weight excluding hydrogens is 252 g/mol. The largest absolute Gasteiger partial charge is 0.346 e. The number of hydrogen-bond donors (Lipinski definition) is 1. The number of aryl methyl sites for hydroxylation is 2. The zero-order chi connectivity index (χ0) is 13.7. The molecule has 0 atom stereocenters. The second kappa shape index (κ2) is 7.01. The van der Waals surface area contributed by atoms with E-state index in [-0.39, 0.29) is 0 Å². The van der Waals surface area contributed by atoms with Gasteiger partial charge in [-0.2, -0.15) is 11.8 Å². The van der Waals surface area contributed by atoms with Gasteiger partial charge in [0.1, 0.15) is 0 Å². The van der Waals surface area contributed by atoms with E-state index < -0.39 is 0 Å². The molecule has 19 heavy (non-hydrogen) atoms. The molecule has 1 N–H and O–H groups in total. The average Bonchev–Trinajstić information content (AvgIpc) is 2.68. The summed E-state index contributed by atoms with van der Waals surface area (Å²) in [6, 6.07) is 8.65. The number of para-hydroxylation sites is 1. The zero-order valence-corrected chi connectivity index (χ0v) is 13.0. The van der Waals surface area contributed by atoms with Gasteiger partial charge in [0.2, 0.25) is 0 Å². The molecule has 1 aromatic heterocycles. The highest BCUT2D eigenvalue weighted by atomic mass is 32.2. The Bertz CT molecular complexity index is 492. The lowest BCUT2D eigenvalue weighted by Gasteiger charge is -2.08. The van der Waals surface area contributed by atoms with Gasteiger partial charge in [-0.3, -0.25) is 0 Å². The van der Waals surface area contributed by atoms with Crippen LogP contribution in [0.1, 0.15) is 24.1 Å². The number of nitrogens with zero attached hydrogens (tertiary/aromatic N) is 1. The molecular formula is C16H24N2S. The van der Waals surface area contributed by atoms with Gasteiger partial charge in [0.25, 0.3) is 0 Å². The van der Waals surface area contributed by atoms with Crippen molar-refractivity contribution in [1.29, 1.82) is 0 Å². The molecule has 0 fully saturated rings. The standard InChI is InChI=1S/C16H24N2S/c1-13-14-8-4-5-9-15(14)18(2)16(13)12-17-10-6-7-11-19-3/h4-5,8-9,17H,6-7,10-12H2,1-3H3. The highest BCUT2D eigenvalue weighted by molar-refractivity contribution is 7.98. The highest BCUT2D eigenvalue weighted by Crippen LogP contribution is 2.24. The fourth-order valence-electron chi connectivity index (χ4n) is 2.59. The molecule has 0 radical (unpaired) electrons. The number of benzene rings is 1. The maximum absolute atomic E-state index is 3.57. The summed E-state index contributed by atoms with van der Waals surface area (Å²) in [5.41, 5.74) is 4.15. The quantitative estimate of drug-likeness (QED) is 0.776. The lowest BCUT2D eigenvalue weighted by molar-refractivity contribution is 0.622. The molecule has 0 amide bonds. The lowest BCUT2D eigenvalue weighted by Crippen LogP contribution is -2.17. The van der Waals surface area contributed by atoms with Gasteiger partial charge in [-0.05, 0) is 49.9 Å². The van der Waals surface area contributed by atoms with Crippen LogP contribution in [-0.2, 0) is 13.6 Å². The van der Waals surface area contributed by atoms with Gasteiger partial charge < -0.3 is 9.88 Å². The molecule has 2 nitrogen and oxygen atoms in total. The topological polar surface area (TPSA) is 17.0 Å². The van der Waals surface area contributed by atoms with Crippen molar-refractivity contribution < 1.29 is 0 Å². The Morgan fingerprint density at radius 1 is 1.21 bits per heavy atom. The summed E-state index contributed by atoms with van der Waals surface area (Å²) in [5, 5.41) is 4.95. The average molecular weight is 276 g/mol. The molecule has 0 aliphatic rings. The molecule has 0 aliphatic carbocycles. The maximum Gasteiger partial charge on any atom is 0.0483 e. The van der Waals surface area contributed by atoms with Crippen molar-refractivity contribution in [3.05, 3.63) is 35.5 Å². The third kappa shape index (κ3) is 3.34. The second-order valence-electron chi connectivity index (χ2n) is 5.02. The summed E-state index contributed by atoms with van der Waals surface area (Å²) < 4.78 is 2.32. The molecule has 0 saturated carbocycles. The molecule has 3 heteroatoms. The van der Waals surface area contributed by atoms with Crippen molar-refractivity contribution in [1.82, 2.24) is 9.88 Å². The van der Waals surface area contributed by atoms with Crippen LogP contribution in [0.3, 0.4) is 0 Å². The molecule has 0 spiro atoms. The van der Waals surface area contributed by atoms with E-state index in [2.05, 4.69) is 54.4 Å². The van der Waals surface area contributed by atoms with Gasteiger partial charge in [0, 0.05) is 30.2 Å². The van der Waals surface area contributed by atoms with Crippen LogP contribution in [0.5, 0.6) is 0 Å². The van der Waals surface area contributed by atoms with Crippen LogP contribution >= 0.6 is 11.8 Å². The first-order chi connectivity index (χ1) is 9.25.